The Morgan fingerprint density at radius 2 is 1.90 bits per heavy atom. The van der Waals surface area contributed by atoms with E-state index in [0.29, 0.717) is 35.3 Å². The molecule has 3 aliphatic rings. The van der Waals surface area contributed by atoms with Crippen LogP contribution in [0, 0.1) is 0 Å². The molecule has 0 saturated carbocycles. The Morgan fingerprint density at radius 3 is 2.69 bits per heavy atom. The van der Waals surface area contributed by atoms with Gasteiger partial charge in [-0.3, -0.25) is 19.4 Å². The lowest BCUT2D eigenvalue weighted by atomic mass is 10.1. The fourth-order valence-electron chi connectivity index (χ4n) is 5.47. The number of rotatable bonds is 7. The number of benzene rings is 2. The van der Waals surface area contributed by atoms with Crippen molar-refractivity contribution in [2.24, 2.45) is 0 Å². The molecule has 1 saturated heterocycles. The second-order valence-corrected chi connectivity index (χ2v) is 10.5. The fraction of sp³-hybridized carbons (Fsp3) is 0.290. The van der Waals surface area contributed by atoms with E-state index in [-0.39, 0.29) is 11.8 Å². The van der Waals surface area contributed by atoms with Crippen molar-refractivity contribution < 1.29 is 14.3 Å². The summed E-state index contributed by atoms with van der Waals surface area (Å²) in [5, 5.41) is 6.12. The van der Waals surface area contributed by atoms with E-state index in [2.05, 4.69) is 51.2 Å². The van der Waals surface area contributed by atoms with Crippen LogP contribution in [-0.2, 0) is 4.79 Å². The normalized spacial score (nSPS) is 16.8. The highest BCUT2D eigenvalue weighted by molar-refractivity contribution is 6.04. The minimum atomic E-state index is -0.304. The molecule has 216 valence electrons. The number of methoxy groups -OCH3 is 1. The van der Waals surface area contributed by atoms with E-state index in [9.17, 15) is 9.59 Å². The largest absolute Gasteiger partial charge is 0.494 e. The molecule has 11 heteroatoms. The first-order valence-corrected chi connectivity index (χ1v) is 14.1. The molecule has 4 heterocycles. The third-order valence-corrected chi connectivity index (χ3v) is 7.73. The maximum atomic E-state index is 13.5. The Morgan fingerprint density at radius 1 is 1.07 bits per heavy atom. The van der Waals surface area contributed by atoms with Crippen molar-refractivity contribution in [3.8, 4) is 5.75 Å². The summed E-state index contributed by atoms with van der Waals surface area (Å²) in [6.45, 7) is 8.07. The number of ether oxygens (including phenoxy) is 1. The third-order valence-electron chi connectivity index (χ3n) is 7.73. The number of aromatic nitrogens is 2. The molecule has 0 atom stereocenters. The second-order valence-electron chi connectivity index (χ2n) is 10.5. The van der Waals surface area contributed by atoms with Crippen LogP contribution in [0.1, 0.15) is 23.2 Å². The van der Waals surface area contributed by atoms with Gasteiger partial charge >= 0.3 is 0 Å². The van der Waals surface area contributed by atoms with Gasteiger partial charge in [-0.2, -0.15) is 4.98 Å². The van der Waals surface area contributed by atoms with E-state index in [0.717, 1.165) is 61.9 Å². The number of allylic oxidation sites excluding steroid dienone is 1. The SMILES string of the molecule is C=CC(=O)Nc1cccc(N2C3=CCCCN3C(=O)c3cnc(Nc4ccc(N5CCN(C)CC5)cc4OC)nc32)c1. The van der Waals surface area contributed by atoms with Crippen molar-refractivity contribution in [3.05, 3.63) is 78.8 Å². The number of anilines is 6. The number of piperazine rings is 1. The van der Waals surface area contributed by atoms with Crippen LogP contribution in [-0.4, -0.2) is 78.5 Å². The standard InChI is InChI=1S/C31H34N8O3/c1-4-27(40)33-21-8-7-9-23(18-21)39-28-10-5-6-13-38(28)30(41)24-20-32-31(35-29(24)39)34-25-12-11-22(19-26(25)42-3)37-16-14-36(2)15-17-37/h4,7-12,18-20H,1,5-6,13-17H2,2-3H3,(H,33,40)(H,32,34,35). The minimum absolute atomic E-state index is 0.135. The highest BCUT2D eigenvalue weighted by Crippen LogP contribution is 2.41. The molecule has 0 unspecified atom stereocenters. The maximum absolute atomic E-state index is 13.5. The van der Waals surface area contributed by atoms with E-state index < -0.39 is 0 Å². The summed E-state index contributed by atoms with van der Waals surface area (Å²) in [6.07, 6.45) is 6.56. The maximum Gasteiger partial charge on any atom is 0.264 e. The van der Waals surface area contributed by atoms with Crippen molar-refractivity contribution >= 4 is 46.3 Å². The molecule has 1 aromatic heterocycles. The van der Waals surface area contributed by atoms with Gasteiger partial charge in [-0.1, -0.05) is 12.6 Å². The smallest absolute Gasteiger partial charge is 0.264 e. The number of hydrogen-bond donors (Lipinski definition) is 2. The monoisotopic (exact) mass is 566 g/mol. The summed E-state index contributed by atoms with van der Waals surface area (Å²) in [5.74, 6) is 1.77. The quantitative estimate of drug-likeness (QED) is 0.404. The zero-order chi connectivity index (χ0) is 29.2. The summed E-state index contributed by atoms with van der Waals surface area (Å²) < 4.78 is 5.74. The van der Waals surface area contributed by atoms with Crippen LogP contribution >= 0.6 is 0 Å². The second kappa shape index (κ2) is 11.5. The molecular weight excluding hydrogens is 532 g/mol. The molecule has 0 spiro atoms. The van der Waals surface area contributed by atoms with Crippen molar-refractivity contribution in [1.29, 1.82) is 0 Å². The Labute approximate surface area is 245 Å². The van der Waals surface area contributed by atoms with E-state index in [1.807, 2.05) is 35.2 Å². The summed E-state index contributed by atoms with van der Waals surface area (Å²) in [6, 6.07) is 13.5. The van der Waals surface area contributed by atoms with Gasteiger partial charge in [0.25, 0.3) is 5.91 Å². The number of carbonyl (C=O) groups excluding carboxylic acids is 2. The summed E-state index contributed by atoms with van der Waals surface area (Å²) in [5.41, 5.74) is 3.58. The highest BCUT2D eigenvalue weighted by atomic mass is 16.5. The minimum Gasteiger partial charge on any atom is -0.494 e. The number of likely N-dealkylation sites (N-methyl/N-ethyl adjacent to an activating group) is 1. The van der Waals surface area contributed by atoms with E-state index in [1.54, 1.807) is 24.3 Å². The van der Waals surface area contributed by atoms with E-state index in [4.69, 9.17) is 9.72 Å². The zero-order valence-corrected chi connectivity index (χ0v) is 23.8. The van der Waals surface area contributed by atoms with Gasteiger partial charge < -0.3 is 25.2 Å². The first-order chi connectivity index (χ1) is 20.4. The molecule has 3 aliphatic heterocycles. The Balaban J connectivity index is 1.35. The molecule has 42 heavy (non-hydrogen) atoms. The van der Waals surface area contributed by atoms with Crippen molar-refractivity contribution in [2.75, 3.05) is 67.3 Å². The van der Waals surface area contributed by atoms with Crippen LogP contribution in [0.15, 0.2) is 73.2 Å². The van der Waals surface area contributed by atoms with Gasteiger partial charge in [0.15, 0.2) is 5.82 Å². The fourth-order valence-corrected chi connectivity index (χ4v) is 5.47. The number of fused-ring (bicyclic) bond motifs is 2. The molecule has 0 aliphatic carbocycles. The molecule has 2 N–H and O–H groups in total. The van der Waals surface area contributed by atoms with Gasteiger partial charge in [0.05, 0.1) is 18.5 Å². The van der Waals surface area contributed by atoms with Crippen LogP contribution in [0.5, 0.6) is 5.75 Å². The van der Waals surface area contributed by atoms with Crippen LogP contribution < -0.4 is 25.2 Å². The van der Waals surface area contributed by atoms with E-state index >= 15 is 0 Å². The summed E-state index contributed by atoms with van der Waals surface area (Å²) >= 11 is 0. The molecule has 11 nitrogen and oxygen atoms in total. The van der Waals surface area contributed by atoms with E-state index in [1.165, 1.54) is 6.08 Å². The van der Waals surface area contributed by atoms with Crippen molar-refractivity contribution in [3.63, 3.8) is 0 Å². The highest BCUT2D eigenvalue weighted by Gasteiger charge is 2.37. The lowest BCUT2D eigenvalue weighted by Crippen LogP contribution is -2.45. The number of nitrogens with zero attached hydrogens (tertiary/aromatic N) is 6. The molecule has 0 radical (unpaired) electrons. The number of hydrogen-bond acceptors (Lipinski definition) is 9. The van der Waals surface area contributed by atoms with Gasteiger partial charge in [0.2, 0.25) is 11.9 Å². The van der Waals surface area contributed by atoms with Crippen molar-refractivity contribution in [2.45, 2.75) is 12.8 Å². The Hall–Kier alpha value is -4.90. The van der Waals surface area contributed by atoms with Crippen molar-refractivity contribution in [1.82, 2.24) is 19.8 Å². The molecule has 1 fully saturated rings. The van der Waals surface area contributed by atoms with Crippen LogP contribution in [0.4, 0.5) is 34.5 Å². The first kappa shape index (κ1) is 27.3. The molecular formula is C31H34N8O3. The van der Waals surface area contributed by atoms with Crippen LogP contribution in [0.25, 0.3) is 0 Å². The topological polar surface area (TPSA) is 106 Å². The zero-order valence-electron chi connectivity index (χ0n) is 23.8. The predicted molar refractivity (Wildman–Crippen MR) is 164 cm³/mol. The number of amides is 2. The average molecular weight is 567 g/mol. The third kappa shape index (κ3) is 5.26. The average Bonchev–Trinajstić information content (AvgIpc) is 3.02. The van der Waals surface area contributed by atoms with Crippen LogP contribution in [0.2, 0.25) is 0 Å². The number of nitrogens with one attached hydrogen (secondary N) is 2. The van der Waals surface area contributed by atoms with Gasteiger partial charge in [0.1, 0.15) is 17.1 Å². The summed E-state index contributed by atoms with van der Waals surface area (Å²) in [4.78, 5) is 43.2. The summed E-state index contributed by atoms with van der Waals surface area (Å²) in [7, 11) is 3.78. The molecule has 2 aromatic carbocycles. The molecule has 6 rings (SSSR count). The molecule has 3 aromatic rings. The lowest BCUT2D eigenvalue weighted by Gasteiger charge is -2.41. The van der Waals surface area contributed by atoms with Gasteiger partial charge in [-0.15, -0.1) is 0 Å². The van der Waals surface area contributed by atoms with Gasteiger partial charge in [-0.25, -0.2) is 4.98 Å². The molecule has 0 bridgehead atoms. The van der Waals surface area contributed by atoms with Gasteiger partial charge in [-0.05, 0) is 62.4 Å². The van der Waals surface area contributed by atoms with Gasteiger partial charge in [0, 0.05) is 56.4 Å². The Kier molecular flexibility index (Phi) is 7.49. The first-order valence-electron chi connectivity index (χ1n) is 14.1. The number of carbonyl (C=O) groups is 2. The Bertz CT molecular complexity index is 1560. The predicted octanol–water partition coefficient (Wildman–Crippen LogP) is 4.33. The van der Waals surface area contributed by atoms with Crippen LogP contribution in [0.3, 0.4) is 0 Å². The molecule has 2 amide bonds. The lowest BCUT2D eigenvalue weighted by molar-refractivity contribution is -0.111.